The molecule has 2 atom stereocenters. The first kappa shape index (κ1) is 25.2. The third kappa shape index (κ3) is 6.06. The summed E-state index contributed by atoms with van der Waals surface area (Å²) in [4.78, 5) is 25.2. The number of carbonyl (C=O) groups excluding carboxylic acids is 2. The molecule has 7 heteroatoms. The van der Waals surface area contributed by atoms with Crippen molar-refractivity contribution in [1.29, 1.82) is 0 Å². The minimum Gasteiger partial charge on any atom is -0.467 e. The molecule has 0 radical (unpaired) electrons. The fourth-order valence-electron chi connectivity index (χ4n) is 4.29. The van der Waals surface area contributed by atoms with E-state index in [1.165, 1.54) is 7.11 Å². The first-order valence-electron chi connectivity index (χ1n) is 10.4. The zero-order chi connectivity index (χ0) is 22.2. The van der Waals surface area contributed by atoms with E-state index in [0.29, 0.717) is 0 Å². The minimum atomic E-state index is -2.43. The SMILES string of the molecule is CCOC(=O)NC(c1ccccc1)C(O[Si](C(C)C)(C(C)C)C(C)C)C(=O)OC. The van der Waals surface area contributed by atoms with Crippen LogP contribution in [0.15, 0.2) is 30.3 Å². The molecule has 0 spiro atoms. The molecule has 0 aliphatic carbocycles. The zero-order valence-electron chi connectivity index (χ0n) is 19.0. The number of alkyl carbamates (subject to hydrolysis) is 1. The van der Waals surface area contributed by atoms with Gasteiger partial charge in [0.15, 0.2) is 6.10 Å². The Hall–Kier alpha value is -1.86. The van der Waals surface area contributed by atoms with Gasteiger partial charge in [0.1, 0.15) is 0 Å². The third-order valence-corrected chi connectivity index (χ3v) is 11.6. The monoisotopic (exact) mass is 423 g/mol. The smallest absolute Gasteiger partial charge is 0.407 e. The standard InChI is InChI=1S/C22H37NO5Si/c1-9-27-22(25)23-19(18-13-11-10-12-14-18)20(21(24)26-8)28-29(15(2)3,16(4)5)17(6)7/h10-17,19-20H,9H2,1-8H3,(H,23,25). The van der Waals surface area contributed by atoms with Crippen LogP contribution in [0.5, 0.6) is 0 Å². The Kier molecular flexibility index (Phi) is 9.86. The van der Waals surface area contributed by atoms with Crippen molar-refractivity contribution in [2.24, 2.45) is 0 Å². The Balaban J connectivity index is 3.49. The average Bonchev–Trinajstić information content (AvgIpc) is 2.67. The van der Waals surface area contributed by atoms with Crippen molar-refractivity contribution in [1.82, 2.24) is 5.32 Å². The lowest BCUT2D eigenvalue weighted by molar-refractivity contribution is -0.151. The summed E-state index contributed by atoms with van der Waals surface area (Å²) in [7, 11) is -1.09. The van der Waals surface area contributed by atoms with Gasteiger partial charge in [-0.25, -0.2) is 9.59 Å². The molecular weight excluding hydrogens is 386 g/mol. The lowest BCUT2D eigenvalue weighted by Gasteiger charge is -2.45. The van der Waals surface area contributed by atoms with E-state index in [1.807, 2.05) is 30.3 Å². The number of carbonyl (C=O) groups is 2. The molecule has 0 aliphatic heterocycles. The molecule has 0 aliphatic rings. The maximum atomic E-state index is 12.9. The Bertz CT molecular complexity index is 626. The highest BCUT2D eigenvalue weighted by Crippen LogP contribution is 2.44. The molecule has 0 heterocycles. The van der Waals surface area contributed by atoms with Gasteiger partial charge in [-0.3, -0.25) is 0 Å². The van der Waals surface area contributed by atoms with Crippen LogP contribution < -0.4 is 5.32 Å². The van der Waals surface area contributed by atoms with Crippen molar-refractivity contribution >= 4 is 20.4 Å². The van der Waals surface area contributed by atoms with Crippen LogP contribution in [0, 0.1) is 0 Å². The van der Waals surface area contributed by atoms with E-state index in [1.54, 1.807) is 6.92 Å². The van der Waals surface area contributed by atoms with Crippen molar-refractivity contribution < 1.29 is 23.5 Å². The quantitative estimate of drug-likeness (QED) is 0.413. The highest BCUT2D eigenvalue weighted by Gasteiger charge is 2.50. The number of nitrogens with one attached hydrogen (secondary N) is 1. The van der Waals surface area contributed by atoms with Crippen LogP contribution >= 0.6 is 0 Å². The summed E-state index contributed by atoms with van der Waals surface area (Å²) in [5, 5.41) is 2.82. The maximum Gasteiger partial charge on any atom is 0.407 e. The van der Waals surface area contributed by atoms with Crippen LogP contribution in [0.25, 0.3) is 0 Å². The summed E-state index contributed by atoms with van der Waals surface area (Å²) in [6.07, 6.45) is -1.56. The number of hydrogen-bond donors (Lipinski definition) is 1. The van der Waals surface area contributed by atoms with Crippen molar-refractivity contribution in [2.75, 3.05) is 13.7 Å². The van der Waals surface area contributed by atoms with E-state index in [2.05, 4.69) is 46.9 Å². The number of benzene rings is 1. The largest absolute Gasteiger partial charge is 0.467 e. The Morgan fingerprint density at radius 2 is 1.48 bits per heavy atom. The van der Waals surface area contributed by atoms with Gasteiger partial charge in [0.05, 0.1) is 19.8 Å². The molecule has 0 bridgehead atoms. The van der Waals surface area contributed by atoms with Crippen LogP contribution in [-0.2, 0) is 18.7 Å². The Labute approximate surface area is 176 Å². The topological polar surface area (TPSA) is 73.9 Å². The number of esters is 1. The summed E-state index contributed by atoms with van der Waals surface area (Å²) < 4.78 is 17.0. The number of hydrogen-bond acceptors (Lipinski definition) is 5. The maximum absolute atomic E-state index is 12.9. The van der Waals surface area contributed by atoms with Crippen LogP contribution in [0.2, 0.25) is 16.6 Å². The van der Waals surface area contributed by atoms with Crippen molar-refractivity contribution in [3.05, 3.63) is 35.9 Å². The van der Waals surface area contributed by atoms with Crippen LogP contribution in [0.1, 0.15) is 60.1 Å². The summed E-state index contributed by atoms with van der Waals surface area (Å²) >= 11 is 0. The average molecular weight is 424 g/mol. The number of ether oxygens (including phenoxy) is 2. The summed E-state index contributed by atoms with van der Waals surface area (Å²) in [6.45, 7) is 14.9. The normalized spacial score (nSPS) is 14.0. The molecule has 164 valence electrons. The van der Waals surface area contributed by atoms with Gasteiger partial charge >= 0.3 is 12.1 Å². The molecule has 29 heavy (non-hydrogen) atoms. The van der Waals surface area contributed by atoms with Gasteiger partial charge in [-0.2, -0.15) is 0 Å². The Morgan fingerprint density at radius 3 is 1.90 bits per heavy atom. The van der Waals surface area contributed by atoms with Crippen LogP contribution in [0.3, 0.4) is 0 Å². The van der Waals surface area contributed by atoms with E-state index in [-0.39, 0.29) is 23.2 Å². The zero-order valence-corrected chi connectivity index (χ0v) is 20.0. The highest BCUT2D eigenvalue weighted by molar-refractivity contribution is 6.77. The molecule has 0 aromatic heterocycles. The summed E-state index contributed by atoms with van der Waals surface area (Å²) in [5.74, 6) is -0.505. The molecular formula is C22H37NO5Si. The molecule has 0 fully saturated rings. The predicted molar refractivity (Wildman–Crippen MR) is 117 cm³/mol. The molecule has 1 N–H and O–H groups in total. The molecule has 0 saturated heterocycles. The molecule has 1 rings (SSSR count). The van der Waals surface area contributed by atoms with E-state index in [4.69, 9.17) is 13.9 Å². The highest BCUT2D eigenvalue weighted by atomic mass is 28.4. The van der Waals surface area contributed by atoms with E-state index < -0.39 is 32.5 Å². The first-order chi connectivity index (χ1) is 13.6. The Morgan fingerprint density at radius 1 is 0.966 bits per heavy atom. The van der Waals surface area contributed by atoms with Crippen LogP contribution in [-0.4, -0.2) is 40.2 Å². The van der Waals surface area contributed by atoms with Gasteiger partial charge in [-0.1, -0.05) is 71.9 Å². The first-order valence-corrected chi connectivity index (χ1v) is 12.5. The summed E-state index contributed by atoms with van der Waals surface area (Å²) in [6, 6.07) is 8.61. The van der Waals surface area contributed by atoms with Crippen LogP contribution in [0.4, 0.5) is 4.79 Å². The van der Waals surface area contributed by atoms with Gasteiger partial charge < -0.3 is 19.2 Å². The van der Waals surface area contributed by atoms with Crippen molar-refractivity contribution in [2.45, 2.75) is 77.2 Å². The van der Waals surface area contributed by atoms with E-state index in [9.17, 15) is 9.59 Å². The fourth-order valence-corrected chi connectivity index (χ4v) is 9.78. The second-order valence-corrected chi connectivity index (χ2v) is 13.5. The molecule has 1 amide bonds. The minimum absolute atomic E-state index is 0.236. The lowest BCUT2D eigenvalue weighted by Crippen LogP contribution is -2.55. The van der Waals surface area contributed by atoms with Crippen molar-refractivity contribution in [3.8, 4) is 0 Å². The van der Waals surface area contributed by atoms with Gasteiger partial charge in [0, 0.05) is 0 Å². The number of rotatable bonds is 10. The molecule has 6 nitrogen and oxygen atoms in total. The lowest BCUT2D eigenvalue weighted by atomic mass is 10.0. The number of amides is 1. The molecule has 1 aromatic rings. The molecule has 0 saturated carbocycles. The summed E-state index contributed by atoms with van der Waals surface area (Å²) in [5.41, 5.74) is 1.58. The fraction of sp³-hybridized carbons (Fsp3) is 0.636. The second kappa shape index (κ2) is 11.4. The predicted octanol–water partition coefficient (Wildman–Crippen LogP) is 5.21. The molecule has 1 aromatic carbocycles. The van der Waals surface area contributed by atoms with Gasteiger partial charge in [-0.15, -0.1) is 0 Å². The van der Waals surface area contributed by atoms with Crippen molar-refractivity contribution in [3.63, 3.8) is 0 Å². The van der Waals surface area contributed by atoms with Gasteiger partial charge in [-0.05, 0) is 29.1 Å². The van der Waals surface area contributed by atoms with E-state index >= 15 is 0 Å². The third-order valence-electron chi connectivity index (χ3n) is 5.48. The second-order valence-electron chi connectivity index (χ2n) is 8.13. The van der Waals surface area contributed by atoms with Gasteiger partial charge in [0.25, 0.3) is 0 Å². The number of methoxy groups -OCH3 is 1. The van der Waals surface area contributed by atoms with Gasteiger partial charge in [0.2, 0.25) is 8.32 Å². The van der Waals surface area contributed by atoms with E-state index in [0.717, 1.165) is 5.56 Å². The molecule has 2 unspecified atom stereocenters.